The highest BCUT2D eigenvalue weighted by Gasteiger charge is 2.28. The zero-order valence-corrected chi connectivity index (χ0v) is 11.9. The molecule has 1 aromatic rings. The summed E-state index contributed by atoms with van der Waals surface area (Å²) in [4.78, 5) is 10.1. The van der Waals surface area contributed by atoms with Crippen molar-refractivity contribution in [2.45, 2.75) is 6.16 Å². The number of benzene rings is 1. The molecule has 0 atom stereocenters. The Kier molecular flexibility index (Phi) is 4.62. The van der Waals surface area contributed by atoms with Crippen LogP contribution in [0.15, 0.2) is 24.3 Å². The molecule has 0 aliphatic carbocycles. The second-order valence-corrected chi connectivity index (χ2v) is 7.69. The Bertz CT molecular complexity index is 459. The maximum atomic E-state index is 12.7. The molecule has 0 bridgehead atoms. The summed E-state index contributed by atoms with van der Waals surface area (Å²) in [6.45, 7) is 0. The molecule has 1 aromatic carbocycles. The van der Waals surface area contributed by atoms with Gasteiger partial charge in [-0.2, -0.15) is 0 Å². The van der Waals surface area contributed by atoms with E-state index in [1.54, 1.807) is 49.7 Å². The molecule has 0 saturated heterocycles. The maximum Gasteiger partial charge on any atom is 0.269 e. The van der Waals surface area contributed by atoms with Gasteiger partial charge in [-0.05, 0) is 33.8 Å². The second-order valence-electron chi connectivity index (χ2n) is 4.44. The average Bonchev–Trinajstić information content (AvgIpc) is 2.29. The molecular weight excluding hydrogens is 253 g/mol. The smallest absolute Gasteiger partial charge is 0.269 e. The van der Waals surface area contributed by atoms with Gasteiger partial charge in [0.25, 0.3) is 5.69 Å². The normalized spacial score (nSPS) is 12.1. The van der Waals surface area contributed by atoms with E-state index in [-0.39, 0.29) is 5.69 Å². The van der Waals surface area contributed by atoms with E-state index in [4.69, 9.17) is 0 Å². The molecule has 0 heterocycles. The van der Waals surface area contributed by atoms with Crippen LogP contribution in [0.4, 0.5) is 5.69 Å². The summed E-state index contributed by atoms with van der Waals surface area (Å²) >= 11 is 0. The summed E-state index contributed by atoms with van der Waals surface area (Å²) in [5.41, 5.74) is 0.870. The standard InChI is InChI=1S/C11H18N3O3P/c1-12(2)18(17,13(3)4)9-10-5-7-11(8-6-10)14(15)16/h5-8H,9H2,1-4H3. The SMILES string of the molecule is CN(C)P(=O)(Cc1ccc([N+](=O)[O-])cc1)N(C)C. The molecule has 0 amide bonds. The second kappa shape index (κ2) is 5.61. The predicted molar refractivity (Wildman–Crippen MR) is 71.8 cm³/mol. The summed E-state index contributed by atoms with van der Waals surface area (Å²) in [7, 11) is 4.45. The first kappa shape index (κ1) is 14.8. The Morgan fingerprint density at radius 3 is 1.89 bits per heavy atom. The number of hydrogen-bond donors (Lipinski definition) is 0. The molecule has 0 spiro atoms. The Labute approximate surface area is 107 Å². The van der Waals surface area contributed by atoms with Gasteiger partial charge in [-0.15, -0.1) is 0 Å². The van der Waals surface area contributed by atoms with Gasteiger partial charge >= 0.3 is 0 Å². The Morgan fingerprint density at radius 2 is 1.56 bits per heavy atom. The van der Waals surface area contributed by atoms with Crippen LogP contribution in [0, 0.1) is 10.1 Å². The fourth-order valence-corrected chi connectivity index (χ4v) is 3.57. The van der Waals surface area contributed by atoms with Crippen molar-refractivity contribution >= 4 is 13.1 Å². The fourth-order valence-electron chi connectivity index (χ4n) is 1.60. The molecule has 0 aromatic heterocycles. The number of nitrogens with zero attached hydrogens (tertiary/aromatic N) is 3. The summed E-state index contributed by atoms with van der Waals surface area (Å²) in [6.07, 6.45) is 0.366. The fraction of sp³-hybridized carbons (Fsp3) is 0.455. The van der Waals surface area contributed by atoms with Crippen molar-refractivity contribution < 1.29 is 9.49 Å². The molecule has 0 fully saturated rings. The van der Waals surface area contributed by atoms with Crippen LogP contribution in [-0.2, 0) is 10.7 Å². The molecule has 100 valence electrons. The number of non-ortho nitro benzene ring substituents is 1. The van der Waals surface area contributed by atoms with E-state index in [0.717, 1.165) is 5.56 Å². The van der Waals surface area contributed by atoms with Crippen molar-refractivity contribution in [3.05, 3.63) is 39.9 Å². The molecule has 0 saturated carbocycles. The van der Waals surface area contributed by atoms with Gasteiger partial charge in [0.15, 0.2) is 0 Å². The molecule has 1 rings (SSSR count). The third-order valence-corrected chi connectivity index (χ3v) is 6.06. The van der Waals surface area contributed by atoms with Crippen molar-refractivity contribution in [2.75, 3.05) is 28.2 Å². The monoisotopic (exact) mass is 271 g/mol. The van der Waals surface area contributed by atoms with E-state index in [0.29, 0.717) is 6.16 Å². The number of nitro groups is 1. The van der Waals surface area contributed by atoms with Gasteiger partial charge in [0.2, 0.25) is 7.44 Å². The van der Waals surface area contributed by atoms with Crippen molar-refractivity contribution in [1.82, 2.24) is 9.34 Å². The zero-order valence-electron chi connectivity index (χ0n) is 11.0. The van der Waals surface area contributed by atoms with Crippen LogP contribution < -0.4 is 0 Å². The lowest BCUT2D eigenvalue weighted by Crippen LogP contribution is -2.22. The third-order valence-electron chi connectivity index (χ3n) is 2.79. The van der Waals surface area contributed by atoms with Crippen LogP contribution >= 0.6 is 7.44 Å². The van der Waals surface area contributed by atoms with Gasteiger partial charge < -0.3 is 0 Å². The minimum Gasteiger partial charge on any atom is -0.288 e. The lowest BCUT2D eigenvalue weighted by atomic mass is 10.2. The van der Waals surface area contributed by atoms with Gasteiger partial charge in [-0.25, -0.2) is 9.34 Å². The average molecular weight is 271 g/mol. The number of rotatable bonds is 5. The van der Waals surface area contributed by atoms with Crippen molar-refractivity contribution in [3.63, 3.8) is 0 Å². The van der Waals surface area contributed by atoms with Gasteiger partial charge in [0.1, 0.15) is 0 Å². The van der Waals surface area contributed by atoms with Crippen LogP contribution in [-0.4, -0.2) is 42.5 Å². The summed E-state index contributed by atoms with van der Waals surface area (Å²) in [5.74, 6) is 0. The molecule has 18 heavy (non-hydrogen) atoms. The molecule has 0 aliphatic rings. The molecular formula is C11H18N3O3P. The Hall–Kier alpha value is -1.23. The predicted octanol–water partition coefficient (Wildman–Crippen LogP) is 2.41. The van der Waals surface area contributed by atoms with Crippen molar-refractivity contribution in [1.29, 1.82) is 0 Å². The summed E-state index contributed by atoms with van der Waals surface area (Å²) in [5, 5.41) is 10.5. The first-order valence-corrected chi connectivity index (χ1v) is 7.25. The highest BCUT2D eigenvalue weighted by molar-refractivity contribution is 7.58. The van der Waals surface area contributed by atoms with Crippen LogP contribution in [0.25, 0.3) is 0 Å². The van der Waals surface area contributed by atoms with E-state index in [9.17, 15) is 14.7 Å². The van der Waals surface area contributed by atoms with Crippen molar-refractivity contribution in [3.8, 4) is 0 Å². The van der Waals surface area contributed by atoms with Crippen LogP contribution in [0.3, 0.4) is 0 Å². The first-order valence-electron chi connectivity index (χ1n) is 5.45. The zero-order chi connectivity index (χ0) is 13.9. The third kappa shape index (κ3) is 3.16. The van der Waals surface area contributed by atoms with Gasteiger partial charge in [0, 0.05) is 12.1 Å². The number of nitro benzene ring substituents is 1. The molecule has 0 aliphatic heterocycles. The van der Waals surface area contributed by atoms with Gasteiger partial charge in [-0.3, -0.25) is 14.7 Å². The van der Waals surface area contributed by atoms with Crippen LogP contribution in [0.1, 0.15) is 5.56 Å². The van der Waals surface area contributed by atoms with Crippen LogP contribution in [0.2, 0.25) is 0 Å². The topological polar surface area (TPSA) is 66.7 Å². The van der Waals surface area contributed by atoms with Gasteiger partial charge in [-0.1, -0.05) is 12.1 Å². The largest absolute Gasteiger partial charge is 0.288 e. The van der Waals surface area contributed by atoms with E-state index >= 15 is 0 Å². The van der Waals surface area contributed by atoms with Crippen molar-refractivity contribution in [2.24, 2.45) is 0 Å². The minimum absolute atomic E-state index is 0.0447. The van der Waals surface area contributed by atoms with Crippen LogP contribution in [0.5, 0.6) is 0 Å². The molecule has 0 N–H and O–H groups in total. The quantitative estimate of drug-likeness (QED) is 0.467. The molecule has 0 unspecified atom stereocenters. The first-order chi connectivity index (χ1) is 8.27. The van der Waals surface area contributed by atoms with Gasteiger partial charge in [0.05, 0.1) is 11.1 Å². The van der Waals surface area contributed by atoms with E-state index in [1.807, 2.05) is 0 Å². The maximum absolute atomic E-state index is 12.7. The summed E-state index contributed by atoms with van der Waals surface area (Å²) < 4.78 is 16.1. The summed E-state index contributed by atoms with van der Waals surface area (Å²) in [6, 6.07) is 6.17. The highest BCUT2D eigenvalue weighted by atomic mass is 31.2. The molecule has 7 heteroatoms. The van der Waals surface area contributed by atoms with E-state index < -0.39 is 12.4 Å². The number of hydrogen-bond acceptors (Lipinski definition) is 3. The Morgan fingerprint density at radius 1 is 1.11 bits per heavy atom. The van der Waals surface area contributed by atoms with E-state index in [2.05, 4.69) is 0 Å². The Balaban J connectivity index is 2.96. The minimum atomic E-state index is -2.63. The molecule has 6 nitrogen and oxygen atoms in total. The highest BCUT2D eigenvalue weighted by Crippen LogP contribution is 2.52. The van der Waals surface area contributed by atoms with E-state index in [1.165, 1.54) is 12.1 Å². The molecule has 0 radical (unpaired) electrons. The lowest BCUT2D eigenvalue weighted by molar-refractivity contribution is -0.384. The lowest BCUT2D eigenvalue weighted by Gasteiger charge is -2.30.